The smallest absolute Gasteiger partial charge is 0.250 e. The minimum absolute atomic E-state index is 0.0338. The Morgan fingerprint density at radius 2 is 2.58 bits per heavy atom. The topological polar surface area (TPSA) is 70.9 Å². The van der Waals surface area contributed by atoms with Gasteiger partial charge in [0.2, 0.25) is 5.91 Å². The van der Waals surface area contributed by atoms with Crippen LogP contribution in [0.5, 0.6) is 0 Å². The van der Waals surface area contributed by atoms with Crippen molar-refractivity contribution in [1.82, 2.24) is 5.48 Å². The molecule has 68 valence electrons. The fourth-order valence-electron chi connectivity index (χ4n) is 0.383. The van der Waals surface area contributed by atoms with Crippen LogP contribution in [0.15, 0.2) is 17.8 Å². The van der Waals surface area contributed by atoms with Gasteiger partial charge in [-0.2, -0.15) is 0 Å². The lowest BCUT2D eigenvalue weighted by Crippen LogP contribution is -2.28. The van der Waals surface area contributed by atoms with Gasteiger partial charge >= 0.3 is 0 Å². The lowest BCUT2D eigenvalue weighted by Gasteiger charge is -2.05. The first-order chi connectivity index (χ1) is 5.72. The molecule has 0 bridgehead atoms. The fourth-order valence-corrected chi connectivity index (χ4v) is 0.383. The van der Waals surface area contributed by atoms with E-state index in [1.165, 1.54) is 6.08 Å². The van der Waals surface area contributed by atoms with Crippen LogP contribution in [0.25, 0.3) is 0 Å². The minimum Gasteiger partial charge on any atom is -0.411 e. The van der Waals surface area contributed by atoms with Crippen molar-refractivity contribution in [1.29, 1.82) is 0 Å². The Morgan fingerprint density at radius 1 is 1.92 bits per heavy atom. The van der Waals surface area contributed by atoms with Gasteiger partial charge in [-0.1, -0.05) is 18.2 Å². The first-order valence-electron chi connectivity index (χ1n) is 3.42. The normalized spacial score (nSPS) is 12.8. The van der Waals surface area contributed by atoms with Crippen LogP contribution in [0.2, 0.25) is 0 Å². The molecule has 1 amide bonds. The molecule has 0 spiro atoms. The number of carbonyl (C=O) groups is 1. The summed E-state index contributed by atoms with van der Waals surface area (Å²) in [6.07, 6.45) is 2.61. The zero-order valence-corrected chi connectivity index (χ0v) is 6.86. The maximum atomic E-state index is 10.9. The number of oxime groups is 1. The molecular weight excluding hydrogens is 160 g/mol. The SMILES string of the molecule is C=CC(C)C(=O)NOC/C=N/O. The summed E-state index contributed by atoms with van der Waals surface area (Å²) >= 11 is 0. The average Bonchev–Trinajstić information content (AvgIpc) is 2.10. The monoisotopic (exact) mass is 172 g/mol. The maximum Gasteiger partial charge on any atom is 0.250 e. The molecule has 5 heteroatoms. The first kappa shape index (κ1) is 10.6. The molecule has 0 saturated carbocycles. The quantitative estimate of drug-likeness (QED) is 0.206. The third kappa shape index (κ3) is 4.45. The number of rotatable bonds is 5. The summed E-state index contributed by atoms with van der Waals surface area (Å²) in [7, 11) is 0. The number of amides is 1. The summed E-state index contributed by atoms with van der Waals surface area (Å²) < 4.78 is 0. The molecule has 0 aliphatic rings. The molecule has 2 N–H and O–H groups in total. The van der Waals surface area contributed by atoms with E-state index >= 15 is 0 Å². The van der Waals surface area contributed by atoms with Gasteiger partial charge in [0, 0.05) is 0 Å². The zero-order chi connectivity index (χ0) is 9.40. The van der Waals surface area contributed by atoms with Gasteiger partial charge in [0.25, 0.3) is 0 Å². The number of hydrogen-bond acceptors (Lipinski definition) is 4. The molecule has 0 aromatic carbocycles. The molecule has 1 unspecified atom stereocenters. The lowest BCUT2D eigenvalue weighted by atomic mass is 10.2. The highest BCUT2D eigenvalue weighted by Gasteiger charge is 2.06. The van der Waals surface area contributed by atoms with Gasteiger partial charge in [-0.05, 0) is 0 Å². The largest absolute Gasteiger partial charge is 0.411 e. The molecule has 0 aliphatic carbocycles. The summed E-state index contributed by atoms with van der Waals surface area (Å²) in [6.45, 7) is 5.16. The van der Waals surface area contributed by atoms with E-state index in [1.54, 1.807) is 6.92 Å². The van der Waals surface area contributed by atoms with Crippen molar-refractivity contribution in [2.24, 2.45) is 11.1 Å². The van der Waals surface area contributed by atoms with Gasteiger partial charge in [-0.25, -0.2) is 5.48 Å². The summed E-state index contributed by atoms with van der Waals surface area (Å²) in [6, 6.07) is 0. The van der Waals surface area contributed by atoms with Gasteiger partial charge in [0.1, 0.15) is 6.61 Å². The Balaban J connectivity index is 3.50. The van der Waals surface area contributed by atoms with Crippen molar-refractivity contribution in [2.75, 3.05) is 6.61 Å². The van der Waals surface area contributed by atoms with E-state index in [0.29, 0.717) is 0 Å². The van der Waals surface area contributed by atoms with Gasteiger partial charge < -0.3 is 5.21 Å². The predicted molar refractivity (Wildman–Crippen MR) is 43.7 cm³/mol. The molecule has 0 radical (unpaired) electrons. The molecule has 0 aromatic rings. The minimum atomic E-state index is -0.295. The highest BCUT2D eigenvalue weighted by molar-refractivity contribution is 5.78. The van der Waals surface area contributed by atoms with Crippen LogP contribution in [0.3, 0.4) is 0 Å². The van der Waals surface area contributed by atoms with Gasteiger partial charge in [-0.3, -0.25) is 9.63 Å². The van der Waals surface area contributed by atoms with Crippen LogP contribution in [-0.4, -0.2) is 23.9 Å². The Labute approximate surface area is 70.7 Å². The average molecular weight is 172 g/mol. The van der Waals surface area contributed by atoms with E-state index in [2.05, 4.69) is 22.1 Å². The van der Waals surface area contributed by atoms with Crippen molar-refractivity contribution in [3.63, 3.8) is 0 Å². The molecule has 0 heterocycles. The zero-order valence-electron chi connectivity index (χ0n) is 6.86. The summed E-state index contributed by atoms with van der Waals surface area (Å²) in [4.78, 5) is 15.5. The van der Waals surface area contributed by atoms with Gasteiger partial charge in [-0.15, -0.1) is 6.58 Å². The molecule has 0 fully saturated rings. The van der Waals surface area contributed by atoms with Crippen LogP contribution >= 0.6 is 0 Å². The Hall–Kier alpha value is -1.36. The van der Waals surface area contributed by atoms with E-state index in [0.717, 1.165) is 6.21 Å². The van der Waals surface area contributed by atoms with Crippen LogP contribution in [0.4, 0.5) is 0 Å². The van der Waals surface area contributed by atoms with E-state index in [4.69, 9.17) is 5.21 Å². The summed E-state index contributed by atoms with van der Waals surface area (Å²) in [5, 5.41) is 10.6. The van der Waals surface area contributed by atoms with Crippen molar-refractivity contribution in [3.8, 4) is 0 Å². The van der Waals surface area contributed by atoms with E-state index in [1.807, 2.05) is 0 Å². The second kappa shape index (κ2) is 6.36. The Morgan fingerprint density at radius 3 is 3.08 bits per heavy atom. The third-order valence-electron chi connectivity index (χ3n) is 1.18. The number of hydroxylamine groups is 1. The second-order valence-electron chi connectivity index (χ2n) is 2.10. The second-order valence-corrected chi connectivity index (χ2v) is 2.10. The first-order valence-corrected chi connectivity index (χ1v) is 3.42. The Bertz CT molecular complexity index is 179. The molecule has 5 nitrogen and oxygen atoms in total. The fraction of sp³-hybridized carbons (Fsp3) is 0.429. The Kier molecular flexibility index (Phi) is 5.64. The maximum absolute atomic E-state index is 10.9. The van der Waals surface area contributed by atoms with E-state index in [9.17, 15) is 4.79 Å². The summed E-state index contributed by atoms with van der Waals surface area (Å²) in [5.74, 6) is -0.576. The molecule has 0 aliphatic heterocycles. The summed E-state index contributed by atoms with van der Waals surface area (Å²) in [5.41, 5.74) is 2.16. The lowest BCUT2D eigenvalue weighted by molar-refractivity contribution is -0.134. The highest BCUT2D eigenvalue weighted by Crippen LogP contribution is 1.93. The number of carbonyl (C=O) groups excluding carboxylic acids is 1. The van der Waals surface area contributed by atoms with Crippen LogP contribution in [0.1, 0.15) is 6.92 Å². The molecule has 1 atom stereocenters. The van der Waals surface area contributed by atoms with Gasteiger partial charge in [0.15, 0.2) is 0 Å². The van der Waals surface area contributed by atoms with E-state index < -0.39 is 0 Å². The number of nitrogens with one attached hydrogen (secondary N) is 1. The number of hydrogen-bond donors (Lipinski definition) is 2. The van der Waals surface area contributed by atoms with Crippen molar-refractivity contribution >= 4 is 12.1 Å². The molecular formula is C7H12N2O3. The van der Waals surface area contributed by atoms with Crippen LogP contribution in [-0.2, 0) is 9.63 Å². The van der Waals surface area contributed by atoms with Crippen molar-refractivity contribution in [2.45, 2.75) is 6.92 Å². The van der Waals surface area contributed by atoms with Gasteiger partial charge in [0.05, 0.1) is 12.1 Å². The van der Waals surface area contributed by atoms with Crippen LogP contribution < -0.4 is 5.48 Å². The van der Waals surface area contributed by atoms with E-state index in [-0.39, 0.29) is 18.4 Å². The molecule has 12 heavy (non-hydrogen) atoms. The van der Waals surface area contributed by atoms with Crippen molar-refractivity contribution < 1.29 is 14.8 Å². The van der Waals surface area contributed by atoms with Crippen molar-refractivity contribution in [3.05, 3.63) is 12.7 Å². The predicted octanol–water partition coefficient (Wildman–Crippen LogP) is 0.316. The molecule has 0 aromatic heterocycles. The molecule has 0 rings (SSSR count). The number of nitrogens with zero attached hydrogens (tertiary/aromatic N) is 1. The molecule has 0 saturated heterocycles. The standard InChI is InChI=1S/C7H12N2O3/c1-3-6(2)7(10)9-12-5-4-8-11/h3-4,6,11H,1,5H2,2H3,(H,9,10)/b8-4+. The van der Waals surface area contributed by atoms with Crippen LogP contribution in [0, 0.1) is 5.92 Å². The highest BCUT2D eigenvalue weighted by atomic mass is 16.7. The third-order valence-corrected chi connectivity index (χ3v) is 1.18.